The zero-order chi connectivity index (χ0) is 24.4. The second-order valence-corrected chi connectivity index (χ2v) is 7.72. The number of carbonyl (C=O) groups excluding carboxylic acids is 3. The Bertz CT molecular complexity index is 1270. The first-order valence-electron chi connectivity index (χ1n) is 10.5. The molecule has 0 radical (unpaired) electrons. The molecule has 3 amide bonds. The first-order chi connectivity index (χ1) is 16.4. The van der Waals surface area contributed by atoms with Gasteiger partial charge in [0, 0.05) is 37.6 Å². The molecule has 2 aromatic carbocycles. The van der Waals surface area contributed by atoms with Crippen molar-refractivity contribution in [2.75, 3.05) is 20.8 Å². The van der Waals surface area contributed by atoms with Gasteiger partial charge in [-0.15, -0.1) is 6.58 Å². The van der Waals surface area contributed by atoms with E-state index in [0.717, 1.165) is 4.90 Å². The van der Waals surface area contributed by atoms with E-state index in [4.69, 9.17) is 9.47 Å². The second kappa shape index (κ2) is 9.22. The molecule has 0 spiro atoms. The highest BCUT2D eigenvalue weighted by Gasteiger charge is 2.35. The van der Waals surface area contributed by atoms with Crippen LogP contribution in [0.4, 0.5) is 0 Å². The smallest absolute Gasteiger partial charge is 0.261 e. The van der Waals surface area contributed by atoms with Gasteiger partial charge in [-0.3, -0.25) is 19.3 Å². The van der Waals surface area contributed by atoms with Gasteiger partial charge in [-0.1, -0.05) is 6.08 Å². The van der Waals surface area contributed by atoms with Crippen LogP contribution in [-0.4, -0.2) is 52.9 Å². The molecule has 1 aromatic heterocycles. The molecule has 0 bridgehead atoms. The number of nitrogens with zero attached hydrogens (tertiary/aromatic N) is 3. The third kappa shape index (κ3) is 4.03. The van der Waals surface area contributed by atoms with E-state index in [2.05, 4.69) is 16.9 Å². The van der Waals surface area contributed by atoms with Crippen molar-refractivity contribution >= 4 is 17.7 Å². The highest BCUT2D eigenvalue weighted by Crippen LogP contribution is 2.30. The van der Waals surface area contributed by atoms with Crippen molar-refractivity contribution in [3.63, 3.8) is 0 Å². The Hall–Kier alpha value is -4.40. The number of carbonyl (C=O) groups is 3. The lowest BCUT2D eigenvalue weighted by Gasteiger charge is -2.20. The highest BCUT2D eigenvalue weighted by molar-refractivity contribution is 6.22. The molecule has 1 aliphatic rings. The quantitative estimate of drug-likeness (QED) is 0.410. The standard InChI is InChI=1S/C25H24N4O5/c1-5-9-29-24(31)19-7-6-15(13-20(19)25(29)32)23(30)27-21(22-26-8-10-28(22)2)16-11-17(33-3)14-18(12-16)34-4/h5-8,10-14,21H,1,9H2,2-4H3,(H,27,30)/t21-/m0/s1. The van der Waals surface area contributed by atoms with Gasteiger partial charge in [0.25, 0.3) is 17.7 Å². The third-order valence-corrected chi connectivity index (χ3v) is 5.64. The van der Waals surface area contributed by atoms with Crippen LogP contribution in [-0.2, 0) is 7.05 Å². The minimum atomic E-state index is -0.639. The molecule has 0 saturated carbocycles. The van der Waals surface area contributed by atoms with Gasteiger partial charge >= 0.3 is 0 Å². The number of benzene rings is 2. The van der Waals surface area contributed by atoms with Gasteiger partial charge in [0.1, 0.15) is 23.4 Å². The summed E-state index contributed by atoms with van der Waals surface area (Å²) < 4.78 is 12.6. The number of rotatable bonds is 8. The average molecular weight is 460 g/mol. The van der Waals surface area contributed by atoms with Crippen molar-refractivity contribution in [1.82, 2.24) is 19.8 Å². The number of aryl methyl sites for hydroxylation is 1. The normalized spacial score (nSPS) is 13.4. The predicted octanol–water partition coefficient (Wildman–Crippen LogP) is 2.74. The van der Waals surface area contributed by atoms with Crippen LogP contribution in [0.15, 0.2) is 61.4 Å². The Kier molecular flexibility index (Phi) is 6.18. The van der Waals surface area contributed by atoms with Gasteiger partial charge in [0.15, 0.2) is 0 Å². The molecular formula is C25H24N4O5. The summed E-state index contributed by atoms with van der Waals surface area (Å²) in [5, 5.41) is 2.99. The molecule has 0 unspecified atom stereocenters. The lowest BCUT2D eigenvalue weighted by Crippen LogP contribution is -2.31. The van der Waals surface area contributed by atoms with Gasteiger partial charge in [-0.2, -0.15) is 0 Å². The highest BCUT2D eigenvalue weighted by atomic mass is 16.5. The molecule has 2 heterocycles. The van der Waals surface area contributed by atoms with Crippen LogP contribution in [0.1, 0.15) is 48.5 Å². The Balaban J connectivity index is 1.70. The molecule has 4 rings (SSSR count). The molecule has 1 aliphatic heterocycles. The number of imidazole rings is 1. The van der Waals surface area contributed by atoms with E-state index in [9.17, 15) is 14.4 Å². The van der Waals surface area contributed by atoms with E-state index >= 15 is 0 Å². The van der Waals surface area contributed by atoms with Crippen molar-refractivity contribution in [3.8, 4) is 11.5 Å². The van der Waals surface area contributed by atoms with Gasteiger partial charge < -0.3 is 19.4 Å². The van der Waals surface area contributed by atoms with Crippen LogP contribution in [0.25, 0.3) is 0 Å². The maximum absolute atomic E-state index is 13.3. The number of nitrogens with one attached hydrogen (secondary N) is 1. The van der Waals surface area contributed by atoms with Crippen LogP contribution >= 0.6 is 0 Å². The van der Waals surface area contributed by atoms with Gasteiger partial charge in [0.05, 0.1) is 25.3 Å². The summed E-state index contributed by atoms with van der Waals surface area (Å²) in [5.74, 6) is 0.431. The Morgan fingerprint density at radius 2 is 1.76 bits per heavy atom. The molecule has 0 fully saturated rings. The fourth-order valence-corrected chi connectivity index (χ4v) is 3.89. The Morgan fingerprint density at radius 3 is 2.35 bits per heavy atom. The minimum absolute atomic E-state index is 0.104. The summed E-state index contributed by atoms with van der Waals surface area (Å²) in [6, 6.07) is 9.14. The first-order valence-corrected chi connectivity index (χ1v) is 10.5. The molecular weight excluding hydrogens is 436 g/mol. The lowest BCUT2D eigenvalue weighted by molar-refractivity contribution is 0.0672. The molecule has 1 atom stereocenters. The largest absolute Gasteiger partial charge is 0.497 e. The fraction of sp³-hybridized carbons (Fsp3) is 0.200. The molecule has 174 valence electrons. The van der Waals surface area contributed by atoms with Crippen LogP contribution in [0, 0.1) is 0 Å². The van der Waals surface area contributed by atoms with E-state index in [0.29, 0.717) is 22.9 Å². The zero-order valence-electron chi connectivity index (χ0n) is 19.1. The summed E-state index contributed by atoms with van der Waals surface area (Å²) in [5.41, 5.74) is 1.40. The zero-order valence-corrected chi connectivity index (χ0v) is 19.1. The van der Waals surface area contributed by atoms with E-state index < -0.39 is 23.8 Å². The minimum Gasteiger partial charge on any atom is -0.497 e. The fourth-order valence-electron chi connectivity index (χ4n) is 3.89. The van der Waals surface area contributed by atoms with Crippen molar-refractivity contribution in [3.05, 3.63) is 89.5 Å². The summed E-state index contributed by atoms with van der Waals surface area (Å²) in [6.45, 7) is 3.69. The van der Waals surface area contributed by atoms with Gasteiger partial charge in [-0.25, -0.2) is 4.98 Å². The summed E-state index contributed by atoms with van der Waals surface area (Å²) in [6.07, 6.45) is 4.90. The van der Waals surface area contributed by atoms with Crippen molar-refractivity contribution < 1.29 is 23.9 Å². The van der Waals surface area contributed by atoms with Gasteiger partial charge in [-0.05, 0) is 35.9 Å². The van der Waals surface area contributed by atoms with Crippen LogP contribution < -0.4 is 14.8 Å². The van der Waals surface area contributed by atoms with Gasteiger partial charge in [0.2, 0.25) is 0 Å². The Morgan fingerprint density at radius 1 is 1.09 bits per heavy atom. The van der Waals surface area contributed by atoms with E-state index in [1.54, 1.807) is 49.4 Å². The number of imide groups is 1. The third-order valence-electron chi connectivity index (χ3n) is 5.64. The van der Waals surface area contributed by atoms with Crippen molar-refractivity contribution in [2.45, 2.75) is 6.04 Å². The maximum atomic E-state index is 13.3. The van der Waals surface area contributed by atoms with E-state index in [1.807, 2.05) is 7.05 Å². The second-order valence-electron chi connectivity index (χ2n) is 7.72. The number of hydrogen-bond acceptors (Lipinski definition) is 6. The summed E-state index contributed by atoms with van der Waals surface area (Å²) >= 11 is 0. The summed E-state index contributed by atoms with van der Waals surface area (Å²) in [7, 11) is 4.92. The number of methoxy groups -OCH3 is 2. The predicted molar refractivity (Wildman–Crippen MR) is 124 cm³/mol. The van der Waals surface area contributed by atoms with E-state index in [-0.39, 0.29) is 23.2 Å². The van der Waals surface area contributed by atoms with Crippen molar-refractivity contribution in [2.24, 2.45) is 7.05 Å². The number of amides is 3. The molecule has 0 aliphatic carbocycles. The van der Waals surface area contributed by atoms with Crippen LogP contribution in [0.3, 0.4) is 0 Å². The molecule has 0 saturated heterocycles. The lowest BCUT2D eigenvalue weighted by atomic mass is 10.0. The molecule has 34 heavy (non-hydrogen) atoms. The van der Waals surface area contributed by atoms with Crippen LogP contribution in [0.5, 0.6) is 11.5 Å². The first kappa shape index (κ1) is 22.8. The van der Waals surface area contributed by atoms with Crippen LogP contribution in [0.2, 0.25) is 0 Å². The molecule has 9 heteroatoms. The van der Waals surface area contributed by atoms with Crippen molar-refractivity contribution in [1.29, 1.82) is 0 Å². The number of hydrogen-bond donors (Lipinski definition) is 1. The van der Waals surface area contributed by atoms with E-state index in [1.165, 1.54) is 24.3 Å². The molecule has 1 N–H and O–H groups in total. The number of fused-ring (bicyclic) bond motifs is 1. The SMILES string of the molecule is C=CCN1C(=O)c2ccc(C(=O)N[C@@H](c3cc(OC)cc(OC)c3)c3nccn3C)cc2C1=O. The topological polar surface area (TPSA) is 103 Å². The monoisotopic (exact) mass is 460 g/mol. The molecule has 9 nitrogen and oxygen atoms in total. The number of ether oxygens (including phenoxy) is 2. The Labute approximate surface area is 196 Å². The average Bonchev–Trinajstić information content (AvgIpc) is 3.38. The maximum Gasteiger partial charge on any atom is 0.261 e. The number of aromatic nitrogens is 2. The summed E-state index contributed by atoms with van der Waals surface area (Å²) in [4.78, 5) is 44.0. The molecule has 3 aromatic rings.